The molecule has 2 aromatic rings. The van der Waals surface area contributed by atoms with Crippen LogP contribution in [0.2, 0.25) is 0 Å². The molecule has 1 aromatic carbocycles. The fourth-order valence-electron chi connectivity index (χ4n) is 4.03. The highest BCUT2D eigenvalue weighted by Gasteiger charge is 2.34. The number of methoxy groups -OCH3 is 1. The lowest BCUT2D eigenvalue weighted by Gasteiger charge is -2.25. The first-order valence-electron chi connectivity index (χ1n) is 9.55. The van der Waals surface area contributed by atoms with Crippen molar-refractivity contribution in [3.63, 3.8) is 0 Å². The number of hydrogen-bond donors (Lipinski definition) is 0. The van der Waals surface area contributed by atoms with E-state index in [-0.39, 0.29) is 22.6 Å². The topological polar surface area (TPSA) is 66.9 Å². The fraction of sp³-hybridized carbons (Fsp3) is 0.450. The van der Waals surface area contributed by atoms with Crippen LogP contribution in [0.25, 0.3) is 0 Å². The Labute approximate surface area is 169 Å². The molecule has 0 bridgehead atoms. The molecule has 150 valence electrons. The van der Waals surface area contributed by atoms with Crippen molar-refractivity contribution < 1.29 is 17.9 Å². The van der Waals surface area contributed by atoms with Crippen molar-refractivity contribution in [2.24, 2.45) is 0 Å². The third-order valence-electron chi connectivity index (χ3n) is 5.48. The predicted octanol–water partition coefficient (Wildman–Crippen LogP) is 3.52. The highest BCUT2D eigenvalue weighted by atomic mass is 32.2. The molecule has 2 saturated heterocycles. The van der Waals surface area contributed by atoms with Gasteiger partial charge in [-0.15, -0.1) is 11.3 Å². The largest absolute Gasteiger partial charge is 0.495 e. The number of carbonyl (C=O) groups excluding carboxylic acids is 1. The number of likely N-dealkylation sites (tertiary alicyclic amines) is 1. The zero-order valence-corrected chi connectivity index (χ0v) is 17.5. The Hall–Kier alpha value is -1.90. The summed E-state index contributed by atoms with van der Waals surface area (Å²) in [4.78, 5) is 16.3. The van der Waals surface area contributed by atoms with Crippen LogP contribution in [0.1, 0.15) is 47.0 Å². The third kappa shape index (κ3) is 3.44. The molecular formula is C20H24N2O4S2. The molecule has 0 aliphatic carbocycles. The first kappa shape index (κ1) is 19.4. The minimum Gasteiger partial charge on any atom is -0.495 e. The van der Waals surface area contributed by atoms with Gasteiger partial charge < -0.3 is 9.64 Å². The lowest BCUT2D eigenvalue weighted by molar-refractivity contribution is 0.0737. The minimum atomic E-state index is -3.68. The van der Waals surface area contributed by atoms with Gasteiger partial charge in [-0.1, -0.05) is 6.07 Å². The molecule has 28 heavy (non-hydrogen) atoms. The quantitative estimate of drug-likeness (QED) is 0.742. The van der Waals surface area contributed by atoms with Gasteiger partial charge in [-0.25, -0.2) is 8.42 Å². The lowest BCUT2D eigenvalue weighted by Crippen LogP contribution is -2.31. The van der Waals surface area contributed by atoms with Gasteiger partial charge in [-0.2, -0.15) is 4.31 Å². The van der Waals surface area contributed by atoms with Crippen LogP contribution < -0.4 is 4.74 Å². The number of hydrogen-bond acceptors (Lipinski definition) is 5. The Bertz CT molecular complexity index is 951. The van der Waals surface area contributed by atoms with E-state index in [0.717, 1.165) is 25.7 Å². The number of ether oxygens (including phenoxy) is 1. The summed E-state index contributed by atoms with van der Waals surface area (Å²) in [7, 11) is -2.23. The van der Waals surface area contributed by atoms with Crippen LogP contribution in [0.5, 0.6) is 5.75 Å². The van der Waals surface area contributed by atoms with E-state index in [1.54, 1.807) is 23.5 Å². The Kier molecular flexibility index (Phi) is 5.44. The Balaban J connectivity index is 1.68. The van der Waals surface area contributed by atoms with E-state index in [9.17, 15) is 13.2 Å². The molecule has 1 atom stereocenters. The molecule has 4 rings (SSSR count). The zero-order valence-electron chi connectivity index (χ0n) is 15.8. The van der Waals surface area contributed by atoms with Crippen LogP contribution in [-0.4, -0.2) is 50.3 Å². The molecule has 2 aliphatic rings. The van der Waals surface area contributed by atoms with E-state index < -0.39 is 10.0 Å². The molecule has 1 amide bonds. The molecule has 0 unspecified atom stereocenters. The van der Waals surface area contributed by atoms with Gasteiger partial charge in [0.15, 0.2) is 0 Å². The van der Waals surface area contributed by atoms with E-state index in [1.165, 1.54) is 22.4 Å². The van der Waals surface area contributed by atoms with Gasteiger partial charge in [0.2, 0.25) is 10.0 Å². The number of thiophene rings is 1. The molecule has 3 heterocycles. The highest BCUT2D eigenvalue weighted by Crippen LogP contribution is 2.36. The number of sulfonamides is 1. The number of rotatable bonds is 5. The Morgan fingerprint density at radius 2 is 1.93 bits per heavy atom. The van der Waals surface area contributed by atoms with Gasteiger partial charge in [-0.05, 0) is 55.3 Å². The van der Waals surface area contributed by atoms with Gasteiger partial charge in [0.1, 0.15) is 10.6 Å². The Morgan fingerprint density at radius 1 is 1.14 bits per heavy atom. The van der Waals surface area contributed by atoms with Crippen LogP contribution in [0.3, 0.4) is 0 Å². The smallest absolute Gasteiger partial charge is 0.254 e. The van der Waals surface area contributed by atoms with Gasteiger partial charge in [0.05, 0.1) is 13.2 Å². The summed E-state index contributed by atoms with van der Waals surface area (Å²) in [6.07, 6.45) is 3.59. The molecule has 0 spiro atoms. The van der Waals surface area contributed by atoms with Crippen LogP contribution in [-0.2, 0) is 10.0 Å². The summed E-state index contributed by atoms with van der Waals surface area (Å²) >= 11 is 1.65. The maximum absolute atomic E-state index is 13.2. The van der Waals surface area contributed by atoms with Gasteiger partial charge in [0, 0.05) is 30.1 Å². The zero-order chi connectivity index (χ0) is 19.7. The summed E-state index contributed by atoms with van der Waals surface area (Å²) in [6.45, 7) is 1.70. The summed E-state index contributed by atoms with van der Waals surface area (Å²) in [5, 5.41) is 2.02. The first-order valence-corrected chi connectivity index (χ1v) is 11.9. The summed E-state index contributed by atoms with van der Waals surface area (Å²) in [6, 6.07) is 8.85. The number of nitrogens with zero attached hydrogens (tertiary/aromatic N) is 2. The van der Waals surface area contributed by atoms with Crippen molar-refractivity contribution >= 4 is 27.3 Å². The van der Waals surface area contributed by atoms with Crippen LogP contribution >= 0.6 is 11.3 Å². The molecule has 2 fully saturated rings. The van der Waals surface area contributed by atoms with Gasteiger partial charge >= 0.3 is 0 Å². The van der Waals surface area contributed by atoms with E-state index in [1.807, 2.05) is 16.3 Å². The van der Waals surface area contributed by atoms with Crippen molar-refractivity contribution in [2.75, 3.05) is 26.7 Å². The maximum atomic E-state index is 13.2. The second kappa shape index (κ2) is 7.85. The molecular weight excluding hydrogens is 396 g/mol. The SMILES string of the molecule is COc1ccc(C(=O)N2CCC[C@@H]2c2cccs2)cc1S(=O)(=O)N1CCCC1. The summed E-state index contributed by atoms with van der Waals surface area (Å²) < 4.78 is 32.9. The van der Waals surface area contributed by atoms with Crippen LogP contribution in [0.4, 0.5) is 0 Å². The van der Waals surface area contributed by atoms with Crippen molar-refractivity contribution in [3.8, 4) is 5.75 Å². The normalized spacial score (nSPS) is 20.6. The number of amides is 1. The summed E-state index contributed by atoms with van der Waals surface area (Å²) in [5.74, 6) is 0.149. The van der Waals surface area contributed by atoms with Gasteiger partial charge in [-0.3, -0.25) is 4.79 Å². The van der Waals surface area contributed by atoms with Crippen LogP contribution in [0.15, 0.2) is 40.6 Å². The second-order valence-corrected chi connectivity index (χ2v) is 10.0. The standard InChI is InChI=1S/C20H24N2O4S2/c1-26-17-9-8-15(14-19(17)28(24,25)21-10-2-3-11-21)20(23)22-12-4-6-16(22)18-7-5-13-27-18/h5,7-9,13-14,16H,2-4,6,10-12H2,1H3/t16-/m1/s1. The van der Waals surface area contributed by atoms with E-state index in [2.05, 4.69) is 6.07 Å². The molecule has 1 aromatic heterocycles. The lowest BCUT2D eigenvalue weighted by atomic mass is 10.1. The monoisotopic (exact) mass is 420 g/mol. The molecule has 0 saturated carbocycles. The fourth-order valence-corrected chi connectivity index (χ4v) is 6.60. The highest BCUT2D eigenvalue weighted by molar-refractivity contribution is 7.89. The van der Waals surface area contributed by atoms with E-state index >= 15 is 0 Å². The second-order valence-electron chi connectivity index (χ2n) is 7.15. The van der Waals surface area contributed by atoms with E-state index in [0.29, 0.717) is 25.2 Å². The molecule has 6 nitrogen and oxygen atoms in total. The Morgan fingerprint density at radius 3 is 2.61 bits per heavy atom. The van der Waals surface area contributed by atoms with Gasteiger partial charge in [0.25, 0.3) is 5.91 Å². The number of benzene rings is 1. The van der Waals surface area contributed by atoms with Crippen molar-refractivity contribution in [2.45, 2.75) is 36.6 Å². The molecule has 0 radical (unpaired) electrons. The number of carbonyl (C=O) groups is 1. The van der Waals surface area contributed by atoms with Crippen molar-refractivity contribution in [1.29, 1.82) is 0 Å². The molecule has 0 N–H and O–H groups in total. The first-order chi connectivity index (χ1) is 13.5. The van der Waals surface area contributed by atoms with E-state index in [4.69, 9.17) is 4.74 Å². The summed E-state index contributed by atoms with van der Waals surface area (Å²) in [5.41, 5.74) is 0.391. The third-order valence-corrected chi connectivity index (χ3v) is 8.37. The maximum Gasteiger partial charge on any atom is 0.254 e. The molecule has 2 aliphatic heterocycles. The average molecular weight is 421 g/mol. The average Bonchev–Trinajstić information content (AvgIpc) is 3.48. The van der Waals surface area contributed by atoms with Crippen molar-refractivity contribution in [1.82, 2.24) is 9.21 Å². The minimum absolute atomic E-state index is 0.0632. The molecule has 8 heteroatoms. The predicted molar refractivity (Wildman–Crippen MR) is 108 cm³/mol. The van der Waals surface area contributed by atoms with Crippen molar-refractivity contribution in [3.05, 3.63) is 46.2 Å². The van der Waals surface area contributed by atoms with Crippen LogP contribution in [0, 0.1) is 0 Å².